The third-order valence-corrected chi connectivity index (χ3v) is 3.48. The van der Waals surface area contributed by atoms with Crippen LogP contribution in [0.4, 0.5) is 0 Å². The van der Waals surface area contributed by atoms with Crippen LogP contribution < -0.4 is 0 Å². The van der Waals surface area contributed by atoms with Crippen molar-refractivity contribution < 1.29 is 9.84 Å². The molecule has 2 aromatic carbocycles. The molecule has 0 amide bonds. The Bertz CT molecular complexity index is 505. The highest BCUT2D eigenvalue weighted by Crippen LogP contribution is 2.25. The molecule has 2 heteroatoms. The Hall–Kier alpha value is -1.64. The SMILES string of the molecule is COCC(C)CC(O)c1ccc(-c2ccccc2)cc1. The smallest absolute Gasteiger partial charge is 0.0793 e. The number of ether oxygens (including phenoxy) is 1. The summed E-state index contributed by atoms with van der Waals surface area (Å²) in [6, 6.07) is 18.4. The summed E-state index contributed by atoms with van der Waals surface area (Å²) in [7, 11) is 1.69. The minimum atomic E-state index is -0.426. The predicted octanol–water partition coefficient (Wildman–Crippen LogP) is 4.06. The van der Waals surface area contributed by atoms with Crippen LogP contribution in [-0.2, 0) is 4.74 Å². The lowest BCUT2D eigenvalue weighted by Gasteiger charge is -2.16. The van der Waals surface area contributed by atoms with Crippen LogP contribution in [0, 0.1) is 5.92 Å². The molecule has 2 rings (SSSR count). The second-order valence-corrected chi connectivity index (χ2v) is 5.30. The predicted molar refractivity (Wildman–Crippen MR) is 82.5 cm³/mol. The van der Waals surface area contributed by atoms with Crippen LogP contribution in [0.25, 0.3) is 11.1 Å². The van der Waals surface area contributed by atoms with Crippen molar-refractivity contribution in [2.75, 3.05) is 13.7 Å². The van der Waals surface area contributed by atoms with E-state index in [1.807, 2.05) is 30.3 Å². The van der Waals surface area contributed by atoms with Crippen molar-refractivity contribution in [3.05, 3.63) is 60.2 Å². The number of hydrogen-bond donors (Lipinski definition) is 1. The summed E-state index contributed by atoms with van der Waals surface area (Å²) >= 11 is 0. The first-order valence-electron chi connectivity index (χ1n) is 7.03. The van der Waals surface area contributed by atoms with Gasteiger partial charge in [0, 0.05) is 13.7 Å². The summed E-state index contributed by atoms with van der Waals surface area (Å²) in [5.74, 6) is 0.351. The van der Waals surface area contributed by atoms with Crippen LogP contribution in [0.2, 0.25) is 0 Å². The first kappa shape index (κ1) is 14.8. The van der Waals surface area contributed by atoms with Crippen LogP contribution >= 0.6 is 0 Å². The van der Waals surface area contributed by atoms with Gasteiger partial charge < -0.3 is 9.84 Å². The standard InChI is InChI=1S/C18H22O2/c1-14(13-20-2)12-18(19)17-10-8-16(9-11-17)15-6-4-3-5-7-15/h3-11,14,18-19H,12-13H2,1-2H3. The molecular formula is C18H22O2. The maximum atomic E-state index is 10.2. The number of methoxy groups -OCH3 is 1. The van der Waals surface area contributed by atoms with E-state index in [9.17, 15) is 5.11 Å². The van der Waals surface area contributed by atoms with Gasteiger partial charge in [-0.1, -0.05) is 61.5 Å². The normalized spacial score (nSPS) is 13.9. The molecule has 2 unspecified atom stereocenters. The average Bonchev–Trinajstić information content (AvgIpc) is 2.48. The zero-order valence-electron chi connectivity index (χ0n) is 12.1. The summed E-state index contributed by atoms with van der Waals surface area (Å²) in [5, 5.41) is 10.2. The van der Waals surface area contributed by atoms with Gasteiger partial charge in [-0.2, -0.15) is 0 Å². The van der Waals surface area contributed by atoms with Gasteiger partial charge in [0.1, 0.15) is 0 Å². The van der Waals surface area contributed by atoms with E-state index in [-0.39, 0.29) is 0 Å². The monoisotopic (exact) mass is 270 g/mol. The molecule has 0 saturated heterocycles. The summed E-state index contributed by atoms with van der Waals surface area (Å²) in [6.07, 6.45) is 0.295. The Balaban J connectivity index is 2.04. The number of aliphatic hydroxyl groups is 1. The lowest BCUT2D eigenvalue weighted by Crippen LogP contribution is -2.09. The molecule has 0 aliphatic carbocycles. The van der Waals surface area contributed by atoms with Crippen molar-refractivity contribution in [3.63, 3.8) is 0 Å². The van der Waals surface area contributed by atoms with E-state index in [0.29, 0.717) is 12.5 Å². The van der Waals surface area contributed by atoms with Gasteiger partial charge in [0.2, 0.25) is 0 Å². The minimum Gasteiger partial charge on any atom is -0.388 e. The van der Waals surface area contributed by atoms with E-state index in [4.69, 9.17) is 4.74 Å². The van der Waals surface area contributed by atoms with Crippen LogP contribution in [0.15, 0.2) is 54.6 Å². The van der Waals surface area contributed by atoms with Crippen LogP contribution in [0.1, 0.15) is 25.0 Å². The van der Waals surface area contributed by atoms with Gasteiger partial charge in [0.15, 0.2) is 0 Å². The second-order valence-electron chi connectivity index (χ2n) is 5.30. The molecule has 0 bridgehead atoms. The van der Waals surface area contributed by atoms with Gasteiger partial charge in [-0.15, -0.1) is 0 Å². The van der Waals surface area contributed by atoms with Gasteiger partial charge in [-0.3, -0.25) is 0 Å². The summed E-state index contributed by atoms with van der Waals surface area (Å²) in [4.78, 5) is 0. The van der Waals surface area contributed by atoms with E-state index >= 15 is 0 Å². The summed E-state index contributed by atoms with van der Waals surface area (Å²) in [5.41, 5.74) is 3.33. The van der Waals surface area contributed by atoms with Crippen molar-refractivity contribution in [2.45, 2.75) is 19.4 Å². The lowest BCUT2D eigenvalue weighted by atomic mass is 9.96. The summed E-state index contributed by atoms with van der Waals surface area (Å²) in [6.45, 7) is 2.77. The molecule has 0 heterocycles. The van der Waals surface area contributed by atoms with Gasteiger partial charge in [-0.25, -0.2) is 0 Å². The van der Waals surface area contributed by atoms with E-state index in [1.165, 1.54) is 11.1 Å². The highest BCUT2D eigenvalue weighted by atomic mass is 16.5. The Morgan fingerprint density at radius 3 is 2.15 bits per heavy atom. The first-order valence-corrected chi connectivity index (χ1v) is 7.03. The van der Waals surface area contributed by atoms with E-state index in [2.05, 4.69) is 31.2 Å². The Morgan fingerprint density at radius 1 is 0.950 bits per heavy atom. The molecule has 0 radical (unpaired) electrons. The number of hydrogen-bond acceptors (Lipinski definition) is 2. The Labute approximate surface area is 121 Å². The highest BCUT2D eigenvalue weighted by Gasteiger charge is 2.12. The zero-order valence-corrected chi connectivity index (χ0v) is 12.1. The molecule has 0 aliphatic rings. The fourth-order valence-corrected chi connectivity index (χ4v) is 2.40. The molecular weight excluding hydrogens is 248 g/mol. The third kappa shape index (κ3) is 3.92. The lowest BCUT2D eigenvalue weighted by molar-refractivity contribution is 0.102. The molecule has 0 saturated carbocycles. The van der Waals surface area contributed by atoms with Gasteiger partial charge >= 0.3 is 0 Å². The van der Waals surface area contributed by atoms with Crippen LogP contribution in [-0.4, -0.2) is 18.8 Å². The van der Waals surface area contributed by atoms with E-state index in [1.54, 1.807) is 7.11 Å². The second kappa shape index (κ2) is 7.22. The zero-order chi connectivity index (χ0) is 14.4. The topological polar surface area (TPSA) is 29.5 Å². The van der Waals surface area contributed by atoms with Crippen molar-refractivity contribution in [1.82, 2.24) is 0 Å². The molecule has 2 aromatic rings. The fraction of sp³-hybridized carbons (Fsp3) is 0.333. The van der Waals surface area contributed by atoms with Crippen molar-refractivity contribution in [1.29, 1.82) is 0 Å². The molecule has 0 fully saturated rings. The number of aliphatic hydroxyl groups excluding tert-OH is 1. The Kier molecular flexibility index (Phi) is 5.33. The van der Waals surface area contributed by atoms with Crippen molar-refractivity contribution in [2.24, 2.45) is 5.92 Å². The maximum Gasteiger partial charge on any atom is 0.0793 e. The first-order chi connectivity index (χ1) is 9.70. The van der Waals surface area contributed by atoms with Crippen molar-refractivity contribution in [3.8, 4) is 11.1 Å². The molecule has 2 nitrogen and oxygen atoms in total. The van der Waals surface area contributed by atoms with Crippen molar-refractivity contribution >= 4 is 0 Å². The van der Waals surface area contributed by atoms with Gasteiger partial charge in [0.05, 0.1) is 6.10 Å². The number of rotatable bonds is 6. The minimum absolute atomic E-state index is 0.351. The molecule has 20 heavy (non-hydrogen) atoms. The highest BCUT2D eigenvalue weighted by molar-refractivity contribution is 5.63. The molecule has 2 atom stereocenters. The molecule has 0 spiro atoms. The van der Waals surface area contributed by atoms with Crippen LogP contribution in [0.5, 0.6) is 0 Å². The molecule has 106 valence electrons. The average molecular weight is 270 g/mol. The fourth-order valence-electron chi connectivity index (χ4n) is 2.40. The van der Waals surface area contributed by atoms with Gasteiger partial charge in [0.25, 0.3) is 0 Å². The molecule has 1 N–H and O–H groups in total. The maximum absolute atomic E-state index is 10.2. The van der Waals surface area contributed by atoms with Gasteiger partial charge in [-0.05, 0) is 29.0 Å². The molecule has 0 aliphatic heterocycles. The third-order valence-electron chi connectivity index (χ3n) is 3.48. The number of benzene rings is 2. The summed E-state index contributed by atoms with van der Waals surface area (Å²) < 4.78 is 5.11. The van der Waals surface area contributed by atoms with Crippen LogP contribution in [0.3, 0.4) is 0 Å². The quantitative estimate of drug-likeness (QED) is 0.857. The van der Waals surface area contributed by atoms with E-state index < -0.39 is 6.10 Å². The van der Waals surface area contributed by atoms with E-state index in [0.717, 1.165) is 12.0 Å². The molecule has 0 aromatic heterocycles. The largest absolute Gasteiger partial charge is 0.388 e. The Morgan fingerprint density at radius 2 is 1.55 bits per heavy atom.